The van der Waals surface area contributed by atoms with Crippen LogP contribution in [0.4, 0.5) is 13.2 Å². The Kier molecular flexibility index (Phi) is 5.39. The quantitative estimate of drug-likeness (QED) is 0.831. The normalized spacial score (nSPS) is 11.3. The van der Waals surface area contributed by atoms with Gasteiger partial charge >= 0.3 is 5.97 Å². The molecule has 2 aromatic carbocycles. The smallest absolute Gasteiger partial charge is 0.310 e. The van der Waals surface area contributed by atoms with Gasteiger partial charge in [-0.25, -0.2) is 13.2 Å². The molecule has 6 heteroatoms. The molecule has 0 saturated heterocycles. The summed E-state index contributed by atoms with van der Waals surface area (Å²) in [7, 11) is 0. The molecule has 0 aliphatic rings. The van der Waals surface area contributed by atoms with Crippen molar-refractivity contribution in [3.05, 3.63) is 59.9 Å². The first-order chi connectivity index (χ1) is 10.9. The summed E-state index contributed by atoms with van der Waals surface area (Å²) in [5, 5.41) is 0. The first-order valence-electron chi connectivity index (χ1n) is 6.99. The van der Waals surface area contributed by atoms with Gasteiger partial charge in [0.25, 0.3) is 5.92 Å². The van der Waals surface area contributed by atoms with Gasteiger partial charge in [0.15, 0.2) is 6.61 Å². The molecule has 0 aliphatic heterocycles. The van der Waals surface area contributed by atoms with Crippen LogP contribution in [-0.2, 0) is 16.0 Å². The van der Waals surface area contributed by atoms with Crippen molar-refractivity contribution >= 4 is 5.97 Å². The molecule has 0 aromatic heterocycles. The number of hydrogen-bond acceptors (Lipinski definition) is 3. The highest BCUT2D eigenvalue weighted by molar-refractivity contribution is 5.73. The molecule has 23 heavy (non-hydrogen) atoms. The highest BCUT2D eigenvalue weighted by Crippen LogP contribution is 2.23. The van der Waals surface area contributed by atoms with E-state index in [2.05, 4.69) is 4.74 Å². The second-order valence-electron chi connectivity index (χ2n) is 5.08. The van der Waals surface area contributed by atoms with Crippen LogP contribution >= 0.6 is 0 Å². The van der Waals surface area contributed by atoms with E-state index in [1.54, 1.807) is 36.4 Å². The van der Waals surface area contributed by atoms with Crippen molar-refractivity contribution < 1.29 is 22.7 Å². The Hall–Kier alpha value is -2.34. The summed E-state index contributed by atoms with van der Waals surface area (Å²) in [5.41, 5.74) is 6.31. The van der Waals surface area contributed by atoms with Crippen LogP contribution in [0.2, 0.25) is 0 Å². The molecular weight excluding hydrogens is 307 g/mol. The van der Waals surface area contributed by atoms with Crippen molar-refractivity contribution in [2.24, 2.45) is 5.73 Å². The lowest BCUT2D eigenvalue weighted by molar-refractivity contribution is -0.153. The summed E-state index contributed by atoms with van der Waals surface area (Å²) < 4.78 is 44.4. The van der Waals surface area contributed by atoms with Crippen LogP contribution in [0.15, 0.2) is 48.5 Å². The number of benzene rings is 2. The summed E-state index contributed by atoms with van der Waals surface area (Å²) in [6.07, 6.45) is -0.285. The zero-order chi connectivity index (χ0) is 16.9. The van der Waals surface area contributed by atoms with Gasteiger partial charge in [0.2, 0.25) is 0 Å². The maximum atomic E-state index is 14.1. The van der Waals surface area contributed by atoms with Gasteiger partial charge in [-0.2, -0.15) is 0 Å². The largest absolute Gasteiger partial charge is 0.459 e. The molecule has 0 spiro atoms. The Bertz CT molecular complexity index is 675. The first kappa shape index (κ1) is 17.0. The zero-order valence-electron chi connectivity index (χ0n) is 12.3. The average Bonchev–Trinajstić information content (AvgIpc) is 2.54. The molecule has 0 radical (unpaired) electrons. The predicted molar refractivity (Wildman–Crippen MR) is 80.5 cm³/mol. The molecule has 0 aliphatic carbocycles. The number of halogens is 3. The zero-order valence-corrected chi connectivity index (χ0v) is 12.3. The van der Waals surface area contributed by atoms with E-state index in [9.17, 15) is 18.0 Å². The van der Waals surface area contributed by atoms with Gasteiger partial charge in [0.05, 0.1) is 13.0 Å². The van der Waals surface area contributed by atoms with Crippen molar-refractivity contribution in [1.82, 2.24) is 0 Å². The van der Waals surface area contributed by atoms with Gasteiger partial charge in [-0.05, 0) is 17.2 Å². The fourth-order valence-electron chi connectivity index (χ4n) is 1.98. The van der Waals surface area contributed by atoms with Crippen molar-refractivity contribution in [1.29, 1.82) is 0 Å². The van der Waals surface area contributed by atoms with Gasteiger partial charge in [-0.15, -0.1) is 0 Å². The first-order valence-corrected chi connectivity index (χ1v) is 6.99. The minimum Gasteiger partial charge on any atom is -0.459 e. The molecule has 2 aromatic rings. The number of hydrogen-bond donors (Lipinski definition) is 1. The molecule has 0 fully saturated rings. The van der Waals surface area contributed by atoms with Crippen LogP contribution in [0.5, 0.6) is 0 Å². The number of rotatable bonds is 6. The third kappa shape index (κ3) is 4.82. The lowest BCUT2D eigenvalue weighted by Gasteiger charge is -2.14. The van der Waals surface area contributed by atoms with Crippen LogP contribution in [-0.4, -0.2) is 25.0 Å². The average molecular weight is 323 g/mol. The van der Waals surface area contributed by atoms with Crippen LogP contribution in [0.25, 0.3) is 11.1 Å². The topological polar surface area (TPSA) is 52.3 Å². The van der Waals surface area contributed by atoms with Crippen molar-refractivity contribution in [3.63, 3.8) is 0 Å². The third-order valence-corrected chi connectivity index (χ3v) is 3.21. The van der Waals surface area contributed by atoms with Crippen LogP contribution < -0.4 is 5.73 Å². The molecule has 0 unspecified atom stereocenters. The molecule has 122 valence electrons. The summed E-state index contributed by atoms with van der Waals surface area (Å²) >= 11 is 0. The lowest BCUT2D eigenvalue weighted by atomic mass is 10.0. The monoisotopic (exact) mass is 323 g/mol. The molecule has 0 atom stereocenters. The number of carbonyl (C=O) groups is 1. The molecule has 3 nitrogen and oxygen atoms in total. The molecule has 0 amide bonds. The van der Waals surface area contributed by atoms with E-state index in [1.165, 1.54) is 6.07 Å². The molecule has 2 rings (SSSR count). The van der Waals surface area contributed by atoms with Gasteiger partial charge in [-0.1, -0.05) is 42.5 Å². The fraction of sp³-hybridized carbons (Fsp3) is 0.235. The highest BCUT2D eigenvalue weighted by atomic mass is 19.3. The van der Waals surface area contributed by atoms with E-state index >= 15 is 0 Å². The summed E-state index contributed by atoms with van der Waals surface area (Å²) in [6.45, 7) is -1.98. The highest BCUT2D eigenvalue weighted by Gasteiger charge is 2.28. The molecule has 2 N–H and O–H groups in total. The number of esters is 1. The summed E-state index contributed by atoms with van der Waals surface area (Å²) in [5.74, 6) is -4.60. The Morgan fingerprint density at radius 1 is 1.13 bits per heavy atom. The van der Waals surface area contributed by atoms with E-state index in [0.717, 1.165) is 0 Å². The SMILES string of the molecule is NCC(F)(F)COC(=O)Cc1ccc(-c2ccccc2)c(F)c1. The number of alkyl halides is 2. The number of carbonyl (C=O) groups excluding carboxylic acids is 1. The Morgan fingerprint density at radius 3 is 2.43 bits per heavy atom. The van der Waals surface area contributed by atoms with E-state index in [1.807, 2.05) is 6.07 Å². The van der Waals surface area contributed by atoms with Crippen LogP contribution in [0.3, 0.4) is 0 Å². The van der Waals surface area contributed by atoms with Gasteiger partial charge in [0.1, 0.15) is 5.82 Å². The predicted octanol–water partition coefficient (Wildman–Crippen LogP) is 3.17. The maximum Gasteiger partial charge on any atom is 0.310 e. The Balaban J connectivity index is 2.02. The minimum absolute atomic E-state index is 0.285. The molecule has 0 saturated carbocycles. The molecule has 0 heterocycles. The Morgan fingerprint density at radius 2 is 1.83 bits per heavy atom. The van der Waals surface area contributed by atoms with E-state index in [0.29, 0.717) is 16.7 Å². The standard InChI is InChI=1S/C17H16F3NO2/c18-15-8-12(9-16(22)23-11-17(19,20)10-21)6-7-14(15)13-4-2-1-3-5-13/h1-8H,9-11,21H2. The van der Waals surface area contributed by atoms with Crippen molar-refractivity contribution in [2.45, 2.75) is 12.3 Å². The van der Waals surface area contributed by atoms with Gasteiger partial charge < -0.3 is 10.5 Å². The minimum atomic E-state index is -3.25. The number of ether oxygens (including phenoxy) is 1. The summed E-state index contributed by atoms with van der Waals surface area (Å²) in [4.78, 5) is 11.5. The van der Waals surface area contributed by atoms with E-state index in [-0.39, 0.29) is 6.42 Å². The van der Waals surface area contributed by atoms with Gasteiger partial charge in [-0.3, -0.25) is 4.79 Å². The fourth-order valence-corrected chi connectivity index (χ4v) is 1.98. The molecular formula is C17H16F3NO2. The third-order valence-electron chi connectivity index (χ3n) is 3.21. The lowest BCUT2D eigenvalue weighted by Crippen LogP contribution is -2.34. The number of nitrogens with two attached hydrogens (primary N) is 1. The van der Waals surface area contributed by atoms with Crippen molar-refractivity contribution in [2.75, 3.05) is 13.2 Å². The summed E-state index contributed by atoms with van der Waals surface area (Å²) in [6, 6.07) is 13.2. The van der Waals surface area contributed by atoms with Gasteiger partial charge in [0, 0.05) is 5.56 Å². The van der Waals surface area contributed by atoms with Crippen LogP contribution in [0.1, 0.15) is 5.56 Å². The van der Waals surface area contributed by atoms with Crippen molar-refractivity contribution in [3.8, 4) is 11.1 Å². The van der Waals surface area contributed by atoms with E-state index in [4.69, 9.17) is 5.73 Å². The second-order valence-corrected chi connectivity index (χ2v) is 5.08. The maximum absolute atomic E-state index is 14.1. The molecule has 0 bridgehead atoms. The second kappa shape index (κ2) is 7.28. The van der Waals surface area contributed by atoms with Crippen LogP contribution in [0, 0.1) is 5.82 Å². The van der Waals surface area contributed by atoms with E-state index < -0.39 is 30.9 Å². The Labute approximate surface area is 131 Å².